The Morgan fingerprint density at radius 3 is 2.88 bits per heavy atom. The first-order valence-electron chi connectivity index (χ1n) is 5.53. The van der Waals surface area contributed by atoms with E-state index in [-0.39, 0.29) is 5.56 Å². The molecule has 5 nitrogen and oxygen atoms in total. The molecular formula is C12H16N2O3. The van der Waals surface area contributed by atoms with Crippen molar-refractivity contribution >= 4 is 17.3 Å². The fourth-order valence-corrected chi connectivity index (χ4v) is 2.00. The lowest BCUT2D eigenvalue weighted by Crippen LogP contribution is -2.31. The maximum absolute atomic E-state index is 10.8. The van der Waals surface area contributed by atoms with E-state index in [1.54, 1.807) is 18.2 Å². The standard InChI is InChI=1S/C12H16N2O3/c1-14(9-4-5-17-7-9)8-2-3-10(12(15)16)11(13)6-8/h2-3,6,9H,4-5,7,13H2,1H3,(H,15,16). The van der Waals surface area contributed by atoms with E-state index < -0.39 is 5.97 Å². The van der Waals surface area contributed by atoms with Gasteiger partial charge in [-0.15, -0.1) is 0 Å². The number of ether oxygens (including phenoxy) is 1. The quantitative estimate of drug-likeness (QED) is 0.771. The van der Waals surface area contributed by atoms with Gasteiger partial charge in [0.15, 0.2) is 0 Å². The minimum Gasteiger partial charge on any atom is -0.478 e. The van der Waals surface area contributed by atoms with Crippen LogP contribution >= 0.6 is 0 Å². The number of nitrogens with zero attached hydrogens (tertiary/aromatic N) is 1. The van der Waals surface area contributed by atoms with Gasteiger partial charge in [0.1, 0.15) is 0 Å². The summed E-state index contributed by atoms with van der Waals surface area (Å²) in [7, 11) is 1.97. The summed E-state index contributed by atoms with van der Waals surface area (Å²) in [6, 6.07) is 5.35. The summed E-state index contributed by atoms with van der Waals surface area (Å²) in [6.45, 7) is 1.48. The molecule has 0 amide bonds. The summed E-state index contributed by atoms with van der Waals surface area (Å²) < 4.78 is 5.32. The van der Waals surface area contributed by atoms with Crippen molar-refractivity contribution in [1.29, 1.82) is 0 Å². The second-order valence-corrected chi connectivity index (χ2v) is 4.21. The predicted octanol–water partition coefficient (Wildman–Crippen LogP) is 1.19. The minimum absolute atomic E-state index is 0.143. The Bertz CT molecular complexity index is 428. The molecule has 92 valence electrons. The van der Waals surface area contributed by atoms with Crippen molar-refractivity contribution < 1.29 is 14.6 Å². The average molecular weight is 236 g/mol. The van der Waals surface area contributed by atoms with Crippen LogP contribution in [0.5, 0.6) is 0 Å². The Hall–Kier alpha value is -1.75. The first-order valence-corrected chi connectivity index (χ1v) is 5.53. The highest BCUT2D eigenvalue weighted by atomic mass is 16.5. The second kappa shape index (κ2) is 4.63. The number of likely N-dealkylation sites (N-methyl/N-ethyl adjacent to an activating group) is 1. The van der Waals surface area contributed by atoms with Crippen LogP contribution in [0.3, 0.4) is 0 Å². The van der Waals surface area contributed by atoms with Crippen LogP contribution in [0, 0.1) is 0 Å². The molecule has 2 rings (SSSR count). The molecule has 0 bridgehead atoms. The van der Waals surface area contributed by atoms with E-state index >= 15 is 0 Å². The van der Waals surface area contributed by atoms with Crippen LogP contribution in [0.2, 0.25) is 0 Å². The Kier molecular flexibility index (Phi) is 3.19. The molecule has 1 aromatic rings. The highest BCUT2D eigenvalue weighted by Crippen LogP contribution is 2.24. The van der Waals surface area contributed by atoms with Crippen LogP contribution in [0.4, 0.5) is 11.4 Å². The van der Waals surface area contributed by atoms with Gasteiger partial charge < -0.3 is 20.5 Å². The van der Waals surface area contributed by atoms with Crippen LogP contribution in [0.15, 0.2) is 18.2 Å². The van der Waals surface area contributed by atoms with Crippen LogP contribution in [-0.2, 0) is 4.74 Å². The van der Waals surface area contributed by atoms with Gasteiger partial charge in [-0.3, -0.25) is 0 Å². The lowest BCUT2D eigenvalue weighted by molar-refractivity contribution is 0.0698. The maximum Gasteiger partial charge on any atom is 0.337 e. The molecule has 1 saturated heterocycles. The average Bonchev–Trinajstić information content (AvgIpc) is 2.80. The van der Waals surface area contributed by atoms with E-state index in [4.69, 9.17) is 15.6 Å². The molecule has 1 aliphatic heterocycles. The van der Waals surface area contributed by atoms with Crippen molar-refractivity contribution in [3.63, 3.8) is 0 Å². The summed E-state index contributed by atoms with van der Waals surface area (Å²) in [5, 5.41) is 8.89. The van der Waals surface area contributed by atoms with Gasteiger partial charge in [-0.25, -0.2) is 4.79 Å². The Labute approximate surface area is 99.8 Å². The maximum atomic E-state index is 10.8. The van der Waals surface area contributed by atoms with Gasteiger partial charge >= 0.3 is 5.97 Å². The van der Waals surface area contributed by atoms with E-state index in [1.807, 2.05) is 7.05 Å². The summed E-state index contributed by atoms with van der Waals surface area (Å²) in [6.07, 6.45) is 0.983. The highest BCUT2D eigenvalue weighted by Gasteiger charge is 2.21. The minimum atomic E-state index is -0.999. The number of hydrogen-bond donors (Lipinski definition) is 2. The Balaban J connectivity index is 2.21. The third kappa shape index (κ3) is 2.34. The summed E-state index contributed by atoms with van der Waals surface area (Å²) in [5.41, 5.74) is 7.08. The monoisotopic (exact) mass is 236 g/mol. The number of benzene rings is 1. The molecule has 0 radical (unpaired) electrons. The third-order valence-electron chi connectivity index (χ3n) is 3.13. The first-order chi connectivity index (χ1) is 8.09. The number of rotatable bonds is 3. The molecule has 17 heavy (non-hydrogen) atoms. The number of carboxylic acids is 1. The van der Waals surface area contributed by atoms with Gasteiger partial charge in [0.25, 0.3) is 0 Å². The van der Waals surface area contributed by atoms with Gasteiger partial charge in [0, 0.05) is 25.0 Å². The largest absolute Gasteiger partial charge is 0.478 e. The molecule has 1 unspecified atom stereocenters. The predicted molar refractivity (Wildman–Crippen MR) is 65.4 cm³/mol. The van der Waals surface area contributed by atoms with Crippen LogP contribution in [-0.4, -0.2) is 37.4 Å². The second-order valence-electron chi connectivity index (χ2n) is 4.21. The first kappa shape index (κ1) is 11.7. The SMILES string of the molecule is CN(c1ccc(C(=O)O)c(N)c1)C1CCOC1. The highest BCUT2D eigenvalue weighted by molar-refractivity contribution is 5.94. The van der Waals surface area contributed by atoms with Gasteiger partial charge in [-0.05, 0) is 24.6 Å². The van der Waals surface area contributed by atoms with Crippen molar-refractivity contribution in [2.24, 2.45) is 0 Å². The number of aromatic carboxylic acids is 1. The molecule has 0 aromatic heterocycles. The summed E-state index contributed by atoms with van der Waals surface area (Å²) >= 11 is 0. The number of hydrogen-bond acceptors (Lipinski definition) is 4. The van der Waals surface area contributed by atoms with Crippen molar-refractivity contribution in [3.8, 4) is 0 Å². The molecule has 0 aliphatic carbocycles. The zero-order valence-corrected chi connectivity index (χ0v) is 9.72. The topological polar surface area (TPSA) is 75.8 Å². The lowest BCUT2D eigenvalue weighted by atomic mass is 10.1. The molecule has 1 fully saturated rings. The molecule has 1 aromatic carbocycles. The Morgan fingerprint density at radius 1 is 1.59 bits per heavy atom. The van der Waals surface area contributed by atoms with Gasteiger partial charge in [0.2, 0.25) is 0 Å². The summed E-state index contributed by atoms with van der Waals surface area (Å²) in [4.78, 5) is 12.9. The molecule has 0 spiro atoms. The number of carbonyl (C=O) groups is 1. The molecule has 3 N–H and O–H groups in total. The summed E-state index contributed by atoms with van der Waals surface area (Å²) in [5.74, 6) is -0.999. The third-order valence-corrected chi connectivity index (χ3v) is 3.13. The zero-order chi connectivity index (χ0) is 12.4. The lowest BCUT2D eigenvalue weighted by Gasteiger charge is -2.25. The van der Waals surface area contributed by atoms with Crippen LogP contribution < -0.4 is 10.6 Å². The van der Waals surface area contributed by atoms with Crippen LogP contribution in [0.25, 0.3) is 0 Å². The fourth-order valence-electron chi connectivity index (χ4n) is 2.00. The molecule has 1 heterocycles. The van der Waals surface area contributed by atoms with Crippen molar-refractivity contribution in [2.75, 3.05) is 30.9 Å². The normalized spacial score (nSPS) is 19.2. The molecule has 1 aliphatic rings. The molecular weight excluding hydrogens is 220 g/mol. The van der Waals surface area contributed by atoms with Gasteiger partial charge in [0.05, 0.1) is 18.2 Å². The van der Waals surface area contributed by atoms with Crippen LogP contribution in [0.1, 0.15) is 16.8 Å². The van der Waals surface area contributed by atoms with Crippen molar-refractivity contribution in [2.45, 2.75) is 12.5 Å². The molecule has 5 heteroatoms. The fraction of sp³-hybridized carbons (Fsp3) is 0.417. The van der Waals surface area contributed by atoms with E-state index in [9.17, 15) is 4.79 Å². The number of anilines is 2. The van der Waals surface area contributed by atoms with E-state index in [0.717, 1.165) is 18.7 Å². The molecule has 0 saturated carbocycles. The van der Waals surface area contributed by atoms with Gasteiger partial charge in [-0.1, -0.05) is 0 Å². The smallest absolute Gasteiger partial charge is 0.337 e. The molecule has 1 atom stereocenters. The van der Waals surface area contributed by atoms with E-state index in [0.29, 0.717) is 18.3 Å². The number of carboxylic acid groups (broad SMARTS) is 1. The number of nitrogens with two attached hydrogens (primary N) is 1. The zero-order valence-electron chi connectivity index (χ0n) is 9.72. The Morgan fingerprint density at radius 2 is 2.35 bits per heavy atom. The van der Waals surface area contributed by atoms with Crippen molar-refractivity contribution in [1.82, 2.24) is 0 Å². The van der Waals surface area contributed by atoms with E-state index in [2.05, 4.69) is 4.90 Å². The number of nitrogen functional groups attached to an aromatic ring is 1. The van der Waals surface area contributed by atoms with E-state index in [1.165, 1.54) is 0 Å². The van der Waals surface area contributed by atoms with Gasteiger partial charge in [-0.2, -0.15) is 0 Å². The van der Waals surface area contributed by atoms with Crippen molar-refractivity contribution in [3.05, 3.63) is 23.8 Å².